The van der Waals surface area contributed by atoms with Crippen molar-refractivity contribution in [1.29, 1.82) is 0 Å². The summed E-state index contributed by atoms with van der Waals surface area (Å²) >= 11 is 5.92. The normalized spacial score (nSPS) is 10.4. The van der Waals surface area contributed by atoms with Gasteiger partial charge in [-0.05, 0) is 40.3 Å². The van der Waals surface area contributed by atoms with Gasteiger partial charge in [-0.1, -0.05) is 28.6 Å². The molecule has 7 heteroatoms. The van der Waals surface area contributed by atoms with E-state index in [9.17, 15) is 0 Å². The minimum Gasteiger partial charge on any atom is -0.389 e. The van der Waals surface area contributed by atoms with Crippen LogP contribution in [0.2, 0.25) is 5.02 Å². The molecule has 6 nitrogen and oxygen atoms in total. The fraction of sp³-hybridized carbons (Fsp3) is 0.0769. The lowest BCUT2D eigenvalue weighted by atomic mass is 10.2. The highest BCUT2D eigenvalue weighted by molar-refractivity contribution is 6.30. The second-order valence-corrected chi connectivity index (χ2v) is 4.46. The van der Waals surface area contributed by atoms with Crippen molar-refractivity contribution >= 4 is 11.6 Å². The van der Waals surface area contributed by atoms with Gasteiger partial charge in [0.05, 0.1) is 0 Å². The topological polar surface area (TPSA) is 65.7 Å². The number of pyridine rings is 1. The highest BCUT2D eigenvalue weighted by Crippen LogP contribution is 2.14. The van der Waals surface area contributed by atoms with E-state index in [0.29, 0.717) is 17.5 Å². The molecule has 0 amide bonds. The van der Waals surface area contributed by atoms with Crippen LogP contribution in [0.25, 0.3) is 11.4 Å². The molecule has 0 saturated heterocycles. The maximum atomic E-state index is 5.92. The first kappa shape index (κ1) is 12.6. The van der Waals surface area contributed by atoms with Crippen molar-refractivity contribution in [1.82, 2.24) is 25.4 Å². The molecule has 3 rings (SSSR count). The second-order valence-electron chi connectivity index (χ2n) is 4.02. The Labute approximate surface area is 119 Å². The second kappa shape index (κ2) is 5.66. The van der Waals surface area contributed by atoms with Gasteiger partial charge in [0.1, 0.15) is 6.61 Å². The lowest BCUT2D eigenvalue weighted by Crippen LogP contribution is -2.14. The van der Waals surface area contributed by atoms with E-state index >= 15 is 0 Å². The summed E-state index contributed by atoms with van der Waals surface area (Å²) < 4.78 is 0. The van der Waals surface area contributed by atoms with Gasteiger partial charge in [0.15, 0.2) is 0 Å². The molecule has 0 fully saturated rings. The van der Waals surface area contributed by atoms with Gasteiger partial charge in [-0.2, -0.15) is 0 Å². The van der Waals surface area contributed by atoms with Crippen LogP contribution in [0.5, 0.6) is 0 Å². The molecule has 0 atom stereocenters. The lowest BCUT2D eigenvalue weighted by molar-refractivity contribution is 0.0695. The van der Waals surface area contributed by atoms with Gasteiger partial charge in [0.25, 0.3) is 0 Å². The Balaban J connectivity index is 1.78. The highest BCUT2D eigenvalue weighted by atomic mass is 35.5. The van der Waals surface area contributed by atoms with Crippen LogP contribution in [0.3, 0.4) is 0 Å². The number of hydrogen-bond donors (Lipinski definition) is 0. The maximum absolute atomic E-state index is 5.92. The molecular weight excluding hydrogens is 278 g/mol. The average molecular weight is 288 g/mol. The SMILES string of the molecule is Clc1cccc(COn2nnnc2-c2cccnc2)c1. The number of aromatic nitrogens is 5. The summed E-state index contributed by atoms with van der Waals surface area (Å²) in [4.78, 5) is 10.9. The first-order chi connectivity index (χ1) is 9.83. The summed E-state index contributed by atoms with van der Waals surface area (Å²) in [6.07, 6.45) is 3.36. The van der Waals surface area contributed by atoms with E-state index < -0.39 is 0 Å². The van der Waals surface area contributed by atoms with E-state index in [1.807, 2.05) is 36.4 Å². The first-order valence-corrected chi connectivity index (χ1v) is 6.27. The third kappa shape index (κ3) is 2.75. The van der Waals surface area contributed by atoms with Crippen LogP contribution in [0.15, 0.2) is 48.8 Å². The molecule has 0 bridgehead atoms. The van der Waals surface area contributed by atoms with Gasteiger partial charge in [0.2, 0.25) is 5.82 Å². The Morgan fingerprint density at radius 2 is 2.15 bits per heavy atom. The van der Waals surface area contributed by atoms with Crippen molar-refractivity contribution in [3.8, 4) is 11.4 Å². The van der Waals surface area contributed by atoms with Crippen molar-refractivity contribution in [3.05, 3.63) is 59.4 Å². The van der Waals surface area contributed by atoms with Crippen molar-refractivity contribution in [2.75, 3.05) is 0 Å². The zero-order valence-corrected chi connectivity index (χ0v) is 11.1. The third-order valence-corrected chi connectivity index (χ3v) is 2.84. The van der Waals surface area contributed by atoms with E-state index in [1.54, 1.807) is 12.4 Å². The molecule has 2 aromatic heterocycles. The average Bonchev–Trinajstić information content (AvgIpc) is 2.95. The summed E-state index contributed by atoms with van der Waals surface area (Å²) in [6.45, 7) is 0.318. The molecule has 0 radical (unpaired) electrons. The van der Waals surface area contributed by atoms with Gasteiger partial charge >= 0.3 is 0 Å². The highest BCUT2D eigenvalue weighted by Gasteiger charge is 2.10. The Morgan fingerprint density at radius 3 is 2.95 bits per heavy atom. The molecule has 20 heavy (non-hydrogen) atoms. The number of nitrogens with zero attached hydrogens (tertiary/aromatic N) is 5. The lowest BCUT2D eigenvalue weighted by Gasteiger charge is -2.06. The van der Waals surface area contributed by atoms with Crippen molar-refractivity contribution in [3.63, 3.8) is 0 Å². The van der Waals surface area contributed by atoms with Crippen LogP contribution < -0.4 is 4.84 Å². The summed E-state index contributed by atoms with van der Waals surface area (Å²) in [5, 5.41) is 12.0. The quantitative estimate of drug-likeness (QED) is 0.734. The summed E-state index contributed by atoms with van der Waals surface area (Å²) in [6, 6.07) is 11.1. The molecule has 0 saturated carbocycles. The van der Waals surface area contributed by atoms with Crippen LogP contribution in [0, 0.1) is 0 Å². The van der Waals surface area contributed by atoms with Gasteiger partial charge in [-0.15, -0.1) is 5.10 Å². The van der Waals surface area contributed by atoms with Crippen LogP contribution in [-0.2, 0) is 6.61 Å². The summed E-state index contributed by atoms with van der Waals surface area (Å²) in [5.74, 6) is 0.500. The van der Waals surface area contributed by atoms with E-state index in [2.05, 4.69) is 20.5 Å². The number of benzene rings is 1. The molecular formula is C13H10ClN5O. The largest absolute Gasteiger partial charge is 0.389 e. The van der Waals surface area contributed by atoms with E-state index in [0.717, 1.165) is 11.1 Å². The molecule has 0 aliphatic heterocycles. The Hall–Kier alpha value is -2.47. The molecule has 1 aromatic carbocycles. The van der Waals surface area contributed by atoms with Crippen LogP contribution >= 0.6 is 11.6 Å². The Kier molecular flexibility index (Phi) is 3.56. The van der Waals surface area contributed by atoms with Crippen molar-refractivity contribution in [2.45, 2.75) is 6.61 Å². The zero-order chi connectivity index (χ0) is 13.8. The van der Waals surface area contributed by atoms with Crippen LogP contribution in [-0.4, -0.2) is 25.4 Å². The predicted molar refractivity (Wildman–Crippen MR) is 72.8 cm³/mol. The van der Waals surface area contributed by atoms with E-state index in [1.165, 1.54) is 4.85 Å². The Bertz CT molecular complexity index is 701. The summed E-state index contributed by atoms with van der Waals surface area (Å²) in [7, 11) is 0. The summed E-state index contributed by atoms with van der Waals surface area (Å²) in [5.41, 5.74) is 1.72. The molecule has 0 N–H and O–H groups in total. The minimum atomic E-state index is 0.318. The molecule has 100 valence electrons. The Morgan fingerprint density at radius 1 is 1.20 bits per heavy atom. The first-order valence-electron chi connectivity index (χ1n) is 5.89. The predicted octanol–water partition coefficient (Wildman–Crippen LogP) is 2.02. The minimum absolute atomic E-state index is 0.318. The molecule has 2 heterocycles. The fourth-order valence-corrected chi connectivity index (χ4v) is 1.90. The van der Waals surface area contributed by atoms with Gasteiger partial charge in [0, 0.05) is 23.0 Å². The monoisotopic (exact) mass is 287 g/mol. The van der Waals surface area contributed by atoms with Crippen LogP contribution in [0.4, 0.5) is 0 Å². The van der Waals surface area contributed by atoms with Crippen LogP contribution in [0.1, 0.15) is 5.56 Å². The molecule has 0 unspecified atom stereocenters. The van der Waals surface area contributed by atoms with Gasteiger partial charge in [-0.25, -0.2) is 0 Å². The van der Waals surface area contributed by atoms with Crippen molar-refractivity contribution in [2.24, 2.45) is 0 Å². The molecule has 0 spiro atoms. The third-order valence-electron chi connectivity index (χ3n) is 2.60. The van der Waals surface area contributed by atoms with Crippen molar-refractivity contribution < 1.29 is 4.84 Å². The van der Waals surface area contributed by atoms with E-state index in [4.69, 9.17) is 16.4 Å². The number of hydrogen-bond acceptors (Lipinski definition) is 5. The number of halogens is 1. The number of rotatable bonds is 4. The smallest absolute Gasteiger partial charge is 0.223 e. The fourth-order valence-electron chi connectivity index (χ4n) is 1.69. The molecule has 0 aliphatic carbocycles. The number of tetrazole rings is 1. The van der Waals surface area contributed by atoms with E-state index in [-0.39, 0.29) is 0 Å². The van der Waals surface area contributed by atoms with Gasteiger partial charge in [-0.3, -0.25) is 4.98 Å². The molecule has 3 aromatic rings. The van der Waals surface area contributed by atoms with Gasteiger partial charge < -0.3 is 4.84 Å². The molecule has 0 aliphatic rings. The maximum Gasteiger partial charge on any atom is 0.223 e. The zero-order valence-electron chi connectivity index (χ0n) is 10.3. The standard InChI is InChI=1S/C13H10ClN5O/c14-12-5-1-3-10(7-12)9-20-19-13(16-17-18-19)11-4-2-6-15-8-11/h1-8H,9H2.